The van der Waals surface area contributed by atoms with Crippen LogP contribution in [0.4, 0.5) is 4.79 Å². The number of carbonyl (C=O) groups is 1. The van der Waals surface area contributed by atoms with Crippen LogP contribution in [0.2, 0.25) is 0 Å². The average Bonchev–Trinajstić information content (AvgIpc) is 2.26. The molecule has 0 saturated carbocycles. The second-order valence-corrected chi connectivity index (χ2v) is 6.27. The minimum Gasteiger partial charge on any atom is -0.444 e. The van der Waals surface area contributed by atoms with Gasteiger partial charge in [-0.1, -0.05) is 19.1 Å². The van der Waals surface area contributed by atoms with Crippen molar-refractivity contribution in [1.82, 2.24) is 5.32 Å². The molecule has 0 aliphatic carbocycles. The van der Waals surface area contributed by atoms with Gasteiger partial charge in [-0.05, 0) is 44.2 Å². The zero-order valence-electron chi connectivity index (χ0n) is 11.4. The molecule has 1 aromatic rings. The van der Waals surface area contributed by atoms with Gasteiger partial charge in [-0.3, -0.25) is 0 Å². The summed E-state index contributed by atoms with van der Waals surface area (Å²) in [6.45, 7) is 8.17. The van der Waals surface area contributed by atoms with Crippen LogP contribution < -0.4 is 5.32 Å². The summed E-state index contributed by atoms with van der Waals surface area (Å²) < 4.78 is 5.17. The number of ether oxygens (including phenoxy) is 1. The molecule has 0 aliphatic heterocycles. The number of nitrogens with one attached hydrogen (secondary N) is 1. The van der Waals surface area contributed by atoms with Crippen molar-refractivity contribution in [2.75, 3.05) is 5.75 Å². The highest BCUT2D eigenvalue weighted by atomic mass is 32.2. The van der Waals surface area contributed by atoms with Gasteiger partial charge in [0, 0.05) is 11.4 Å². The van der Waals surface area contributed by atoms with Crippen LogP contribution in [0.1, 0.15) is 33.3 Å². The molecule has 100 valence electrons. The number of benzene rings is 1. The maximum absolute atomic E-state index is 11.5. The fraction of sp³-hybridized carbons (Fsp3) is 0.500. The minimum atomic E-state index is -0.453. The Kier molecular flexibility index (Phi) is 5.54. The summed E-state index contributed by atoms with van der Waals surface area (Å²) in [6, 6.07) is 8.19. The van der Waals surface area contributed by atoms with Crippen molar-refractivity contribution in [3.63, 3.8) is 0 Å². The molecule has 0 unspecified atom stereocenters. The Morgan fingerprint density at radius 1 is 1.28 bits per heavy atom. The molecule has 3 nitrogen and oxygen atoms in total. The second kappa shape index (κ2) is 6.69. The number of alkyl carbamates (subject to hydrolysis) is 1. The molecule has 0 saturated heterocycles. The van der Waals surface area contributed by atoms with Gasteiger partial charge in [-0.25, -0.2) is 4.79 Å². The van der Waals surface area contributed by atoms with Gasteiger partial charge in [0.1, 0.15) is 5.60 Å². The van der Waals surface area contributed by atoms with Crippen LogP contribution in [-0.2, 0) is 11.3 Å². The molecule has 0 aromatic heterocycles. The van der Waals surface area contributed by atoms with E-state index in [0.29, 0.717) is 6.54 Å². The molecule has 1 rings (SSSR count). The van der Waals surface area contributed by atoms with E-state index in [-0.39, 0.29) is 6.09 Å². The first kappa shape index (κ1) is 14.9. The van der Waals surface area contributed by atoms with Crippen molar-refractivity contribution in [3.05, 3.63) is 29.8 Å². The van der Waals surface area contributed by atoms with Crippen LogP contribution in [0.25, 0.3) is 0 Å². The van der Waals surface area contributed by atoms with E-state index in [1.165, 1.54) is 4.90 Å². The van der Waals surface area contributed by atoms with Crippen LogP contribution in [0, 0.1) is 0 Å². The molecule has 1 aromatic carbocycles. The van der Waals surface area contributed by atoms with Crippen LogP contribution in [0.5, 0.6) is 0 Å². The highest BCUT2D eigenvalue weighted by Gasteiger charge is 2.15. The van der Waals surface area contributed by atoms with Crippen LogP contribution in [0.15, 0.2) is 29.2 Å². The highest BCUT2D eigenvalue weighted by Crippen LogP contribution is 2.17. The van der Waals surface area contributed by atoms with Crippen molar-refractivity contribution < 1.29 is 9.53 Å². The normalized spacial score (nSPS) is 11.1. The predicted molar refractivity (Wildman–Crippen MR) is 75.9 cm³/mol. The van der Waals surface area contributed by atoms with Crippen LogP contribution in [-0.4, -0.2) is 17.4 Å². The summed E-state index contributed by atoms with van der Waals surface area (Å²) in [4.78, 5) is 12.7. The summed E-state index contributed by atoms with van der Waals surface area (Å²) in [5, 5.41) is 2.74. The van der Waals surface area contributed by atoms with Crippen molar-refractivity contribution in [3.8, 4) is 0 Å². The maximum Gasteiger partial charge on any atom is 0.407 e. The number of amides is 1. The first-order chi connectivity index (χ1) is 8.40. The third-order valence-corrected chi connectivity index (χ3v) is 2.96. The van der Waals surface area contributed by atoms with Gasteiger partial charge in [0.15, 0.2) is 0 Å². The lowest BCUT2D eigenvalue weighted by Crippen LogP contribution is -2.32. The van der Waals surface area contributed by atoms with Crippen LogP contribution >= 0.6 is 11.8 Å². The topological polar surface area (TPSA) is 38.3 Å². The van der Waals surface area contributed by atoms with E-state index in [4.69, 9.17) is 4.74 Å². The molecule has 1 N–H and O–H groups in total. The lowest BCUT2D eigenvalue weighted by atomic mass is 10.2. The Morgan fingerprint density at radius 2 is 1.89 bits per heavy atom. The summed E-state index contributed by atoms with van der Waals surface area (Å²) in [7, 11) is 0. The third kappa shape index (κ3) is 5.96. The number of rotatable bonds is 4. The van der Waals surface area contributed by atoms with E-state index in [1.807, 2.05) is 32.9 Å². The van der Waals surface area contributed by atoms with Crippen molar-refractivity contribution in [1.29, 1.82) is 0 Å². The average molecular weight is 267 g/mol. The molecule has 0 aliphatic rings. The molecule has 1 amide bonds. The highest BCUT2D eigenvalue weighted by molar-refractivity contribution is 7.99. The minimum absolute atomic E-state index is 0.380. The van der Waals surface area contributed by atoms with Gasteiger partial charge in [-0.2, -0.15) is 0 Å². The fourth-order valence-electron chi connectivity index (χ4n) is 1.36. The van der Waals surface area contributed by atoms with Gasteiger partial charge >= 0.3 is 6.09 Å². The second-order valence-electron chi connectivity index (χ2n) is 4.93. The first-order valence-electron chi connectivity index (χ1n) is 6.09. The zero-order valence-corrected chi connectivity index (χ0v) is 12.3. The lowest BCUT2D eigenvalue weighted by molar-refractivity contribution is 0.0523. The van der Waals surface area contributed by atoms with Gasteiger partial charge in [0.25, 0.3) is 0 Å². The number of thioether (sulfide) groups is 1. The Hall–Kier alpha value is -1.16. The zero-order chi connectivity index (χ0) is 13.6. The molecule has 0 fully saturated rings. The van der Waals surface area contributed by atoms with Crippen molar-refractivity contribution in [2.45, 2.75) is 44.7 Å². The third-order valence-electron chi connectivity index (χ3n) is 2.07. The SMILES string of the molecule is CCSc1ccc(CNC(=O)OC(C)(C)C)cc1. The number of hydrogen-bond acceptors (Lipinski definition) is 3. The first-order valence-corrected chi connectivity index (χ1v) is 7.08. The number of carbonyl (C=O) groups excluding carboxylic acids is 1. The van der Waals surface area contributed by atoms with E-state index in [1.54, 1.807) is 11.8 Å². The summed E-state index contributed by atoms with van der Waals surface area (Å²) in [5.74, 6) is 1.06. The Morgan fingerprint density at radius 3 is 2.39 bits per heavy atom. The van der Waals surface area contributed by atoms with E-state index < -0.39 is 5.60 Å². The molecule has 0 atom stereocenters. The molecular formula is C14H21NO2S. The molecule has 0 heterocycles. The maximum atomic E-state index is 11.5. The standard InChI is InChI=1S/C14H21NO2S/c1-5-18-12-8-6-11(7-9-12)10-15-13(16)17-14(2,3)4/h6-9H,5,10H2,1-4H3,(H,15,16). The Balaban J connectivity index is 2.41. The van der Waals surface area contributed by atoms with E-state index >= 15 is 0 Å². The predicted octanol–water partition coefficient (Wildman–Crippen LogP) is 3.82. The lowest BCUT2D eigenvalue weighted by Gasteiger charge is -2.19. The van der Waals surface area contributed by atoms with E-state index in [9.17, 15) is 4.79 Å². The van der Waals surface area contributed by atoms with Crippen molar-refractivity contribution in [2.24, 2.45) is 0 Å². The largest absolute Gasteiger partial charge is 0.444 e. The van der Waals surface area contributed by atoms with Crippen molar-refractivity contribution >= 4 is 17.9 Å². The Labute approximate surface area is 113 Å². The molecular weight excluding hydrogens is 246 g/mol. The monoisotopic (exact) mass is 267 g/mol. The molecule has 0 spiro atoms. The smallest absolute Gasteiger partial charge is 0.407 e. The molecule has 18 heavy (non-hydrogen) atoms. The van der Waals surface area contributed by atoms with Gasteiger partial charge < -0.3 is 10.1 Å². The molecule has 0 bridgehead atoms. The van der Waals surface area contributed by atoms with Gasteiger partial charge in [0.2, 0.25) is 0 Å². The summed E-state index contributed by atoms with van der Waals surface area (Å²) in [6.07, 6.45) is -0.380. The van der Waals surface area contributed by atoms with Gasteiger partial charge in [-0.15, -0.1) is 11.8 Å². The quantitative estimate of drug-likeness (QED) is 0.843. The Bertz CT molecular complexity index is 382. The molecule has 0 radical (unpaired) electrons. The van der Waals surface area contributed by atoms with Gasteiger partial charge in [0.05, 0.1) is 0 Å². The summed E-state index contributed by atoms with van der Waals surface area (Å²) in [5.41, 5.74) is 0.618. The van der Waals surface area contributed by atoms with E-state index in [2.05, 4.69) is 24.4 Å². The number of hydrogen-bond donors (Lipinski definition) is 1. The fourth-order valence-corrected chi connectivity index (χ4v) is 2.02. The van der Waals surface area contributed by atoms with Crippen LogP contribution in [0.3, 0.4) is 0 Å². The molecule has 4 heteroatoms. The van der Waals surface area contributed by atoms with E-state index in [0.717, 1.165) is 11.3 Å². The summed E-state index contributed by atoms with van der Waals surface area (Å²) >= 11 is 1.80.